The molecule has 3 rings (SSSR count). The Kier molecular flexibility index (Phi) is 4.88. The van der Waals surface area contributed by atoms with Crippen LogP contribution in [0.15, 0.2) is 53.5 Å². The molecular weight excluding hydrogens is 292 g/mol. The number of nitrogens with one attached hydrogen (secondary N) is 1. The summed E-state index contributed by atoms with van der Waals surface area (Å²) in [6, 6.07) is 13.2. The number of rotatable bonds is 5. The molecule has 5 nitrogen and oxygen atoms in total. The van der Waals surface area contributed by atoms with E-state index >= 15 is 0 Å². The van der Waals surface area contributed by atoms with Crippen molar-refractivity contribution in [1.29, 1.82) is 0 Å². The number of benzene rings is 1. The molecule has 1 saturated heterocycles. The maximum atomic E-state index is 12.5. The summed E-state index contributed by atoms with van der Waals surface area (Å²) in [6.45, 7) is 1.20. The standard InChI is InChI=1S/C18H20N2O3/c21-17(12-15-8-5-11-23-15)19-16-9-4-10-20(18(16)22)13-14-6-2-1-3-7-14/h1-4,6-7,9-10,15H,5,8,11-13H2,(H,19,21)/t15-/m0/s1. The van der Waals surface area contributed by atoms with Gasteiger partial charge in [0, 0.05) is 12.8 Å². The van der Waals surface area contributed by atoms with Crippen LogP contribution in [-0.2, 0) is 16.1 Å². The second kappa shape index (κ2) is 7.24. The number of hydrogen-bond donors (Lipinski definition) is 1. The lowest BCUT2D eigenvalue weighted by Crippen LogP contribution is -2.27. The van der Waals surface area contributed by atoms with Crippen molar-refractivity contribution in [3.63, 3.8) is 0 Å². The van der Waals surface area contributed by atoms with E-state index in [1.807, 2.05) is 30.3 Å². The van der Waals surface area contributed by atoms with Gasteiger partial charge in [0.05, 0.1) is 19.1 Å². The molecule has 0 bridgehead atoms. The second-order valence-corrected chi connectivity index (χ2v) is 5.73. The highest BCUT2D eigenvalue weighted by molar-refractivity contribution is 5.90. The van der Waals surface area contributed by atoms with Gasteiger partial charge < -0.3 is 14.6 Å². The Hall–Kier alpha value is -2.40. The first-order valence-electron chi connectivity index (χ1n) is 7.87. The zero-order valence-electron chi connectivity index (χ0n) is 12.9. The molecule has 0 aliphatic carbocycles. The van der Waals surface area contributed by atoms with Gasteiger partial charge >= 0.3 is 0 Å². The second-order valence-electron chi connectivity index (χ2n) is 5.73. The number of amides is 1. The van der Waals surface area contributed by atoms with Crippen LogP contribution in [0.3, 0.4) is 0 Å². The molecule has 0 unspecified atom stereocenters. The molecular formula is C18H20N2O3. The summed E-state index contributed by atoms with van der Waals surface area (Å²) in [5.41, 5.74) is 1.15. The Labute approximate surface area is 134 Å². The van der Waals surface area contributed by atoms with Gasteiger partial charge in [-0.15, -0.1) is 0 Å². The Balaban J connectivity index is 1.69. The normalized spacial score (nSPS) is 17.1. The topological polar surface area (TPSA) is 60.3 Å². The van der Waals surface area contributed by atoms with E-state index in [1.165, 1.54) is 0 Å². The van der Waals surface area contributed by atoms with Gasteiger partial charge in [0.2, 0.25) is 5.91 Å². The Bertz CT molecular complexity index is 719. The molecule has 23 heavy (non-hydrogen) atoms. The van der Waals surface area contributed by atoms with Crippen molar-refractivity contribution in [3.05, 3.63) is 64.6 Å². The molecule has 1 amide bonds. The fourth-order valence-electron chi connectivity index (χ4n) is 2.75. The fourth-order valence-corrected chi connectivity index (χ4v) is 2.75. The lowest BCUT2D eigenvalue weighted by atomic mass is 10.2. The summed E-state index contributed by atoms with van der Waals surface area (Å²) in [7, 11) is 0. The molecule has 1 aliphatic heterocycles. The van der Waals surface area contributed by atoms with Crippen LogP contribution in [0.1, 0.15) is 24.8 Å². The van der Waals surface area contributed by atoms with Crippen LogP contribution in [0.25, 0.3) is 0 Å². The predicted octanol–water partition coefficient (Wildman–Crippen LogP) is 2.40. The molecule has 2 heterocycles. The molecule has 1 atom stereocenters. The highest BCUT2D eigenvalue weighted by Crippen LogP contribution is 2.15. The highest BCUT2D eigenvalue weighted by Gasteiger charge is 2.19. The lowest BCUT2D eigenvalue weighted by molar-refractivity contribution is -0.118. The summed E-state index contributed by atoms with van der Waals surface area (Å²) >= 11 is 0. The van der Waals surface area contributed by atoms with Crippen molar-refractivity contribution < 1.29 is 9.53 Å². The van der Waals surface area contributed by atoms with E-state index in [1.54, 1.807) is 22.9 Å². The quantitative estimate of drug-likeness (QED) is 0.922. The molecule has 1 aromatic heterocycles. The van der Waals surface area contributed by atoms with Gasteiger partial charge in [0.15, 0.2) is 0 Å². The van der Waals surface area contributed by atoms with Gasteiger partial charge in [0.25, 0.3) is 5.56 Å². The van der Waals surface area contributed by atoms with Gasteiger partial charge in [-0.1, -0.05) is 30.3 Å². The Morgan fingerprint density at radius 3 is 2.78 bits per heavy atom. The summed E-state index contributed by atoms with van der Waals surface area (Å²) in [6.07, 6.45) is 3.90. The van der Waals surface area contributed by atoms with Crippen LogP contribution < -0.4 is 10.9 Å². The Morgan fingerprint density at radius 2 is 2.04 bits per heavy atom. The van der Waals surface area contributed by atoms with Gasteiger partial charge in [0.1, 0.15) is 5.69 Å². The summed E-state index contributed by atoms with van der Waals surface area (Å²) in [5.74, 6) is -0.175. The number of nitrogens with zero attached hydrogens (tertiary/aromatic N) is 1. The van der Waals surface area contributed by atoms with Gasteiger partial charge in [-0.2, -0.15) is 0 Å². The first kappa shape index (κ1) is 15.5. The maximum absolute atomic E-state index is 12.5. The molecule has 0 radical (unpaired) electrons. The fraction of sp³-hybridized carbons (Fsp3) is 0.333. The van der Waals surface area contributed by atoms with E-state index < -0.39 is 0 Å². The minimum Gasteiger partial charge on any atom is -0.378 e. The third-order valence-corrected chi connectivity index (χ3v) is 3.93. The van der Waals surface area contributed by atoms with Crippen molar-refractivity contribution in [2.45, 2.75) is 31.9 Å². The molecule has 0 saturated carbocycles. The number of anilines is 1. The van der Waals surface area contributed by atoms with Crippen LogP contribution in [0.2, 0.25) is 0 Å². The smallest absolute Gasteiger partial charge is 0.274 e. The van der Waals surface area contributed by atoms with Crippen LogP contribution in [0, 0.1) is 0 Å². The number of ether oxygens (including phenoxy) is 1. The monoisotopic (exact) mass is 312 g/mol. The average Bonchev–Trinajstić information content (AvgIpc) is 3.05. The number of pyridine rings is 1. The van der Waals surface area contributed by atoms with Gasteiger partial charge in [-0.25, -0.2) is 0 Å². The van der Waals surface area contributed by atoms with E-state index in [0.29, 0.717) is 25.3 Å². The summed E-state index contributed by atoms with van der Waals surface area (Å²) in [5, 5.41) is 2.71. The number of carbonyl (C=O) groups excluding carboxylic acids is 1. The minimum atomic E-state index is -0.197. The zero-order valence-corrected chi connectivity index (χ0v) is 12.9. The van der Waals surface area contributed by atoms with E-state index in [0.717, 1.165) is 18.4 Å². The third kappa shape index (κ3) is 4.07. The largest absolute Gasteiger partial charge is 0.378 e. The first-order chi connectivity index (χ1) is 11.2. The van der Waals surface area contributed by atoms with Crippen molar-refractivity contribution >= 4 is 11.6 Å². The van der Waals surface area contributed by atoms with Crippen LogP contribution >= 0.6 is 0 Å². The molecule has 120 valence electrons. The van der Waals surface area contributed by atoms with E-state index in [4.69, 9.17) is 4.74 Å². The van der Waals surface area contributed by atoms with Crippen LogP contribution in [-0.4, -0.2) is 23.2 Å². The molecule has 1 N–H and O–H groups in total. The number of aromatic nitrogens is 1. The molecule has 5 heteroatoms. The molecule has 1 aliphatic rings. The van der Waals surface area contributed by atoms with Crippen LogP contribution in [0.5, 0.6) is 0 Å². The zero-order chi connectivity index (χ0) is 16.1. The lowest BCUT2D eigenvalue weighted by Gasteiger charge is -2.11. The Morgan fingerprint density at radius 1 is 1.22 bits per heavy atom. The SMILES string of the molecule is O=C(C[C@@H]1CCCO1)Nc1cccn(Cc2ccccc2)c1=O. The molecule has 0 spiro atoms. The predicted molar refractivity (Wildman–Crippen MR) is 88.5 cm³/mol. The van der Waals surface area contributed by atoms with Crippen molar-refractivity contribution in [3.8, 4) is 0 Å². The molecule has 2 aromatic rings. The number of hydrogen-bond acceptors (Lipinski definition) is 3. The minimum absolute atomic E-state index is 0.0229. The highest BCUT2D eigenvalue weighted by atomic mass is 16.5. The molecule has 1 aromatic carbocycles. The van der Waals surface area contributed by atoms with Crippen molar-refractivity contribution in [1.82, 2.24) is 4.57 Å². The van der Waals surface area contributed by atoms with Gasteiger partial charge in [-0.3, -0.25) is 9.59 Å². The summed E-state index contributed by atoms with van der Waals surface area (Å²) < 4.78 is 7.04. The average molecular weight is 312 g/mol. The maximum Gasteiger partial charge on any atom is 0.274 e. The van der Waals surface area contributed by atoms with E-state index in [-0.39, 0.29) is 17.6 Å². The number of carbonyl (C=O) groups is 1. The van der Waals surface area contributed by atoms with E-state index in [2.05, 4.69) is 5.32 Å². The van der Waals surface area contributed by atoms with Crippen molar-refractivity contribution in [2.24, 2.45) is 0 Å². The third-order valence-electron chi connectivity index (χ3n) is 3.93. The van der Waals surface area contributed by atoms with Gasteiger partial charge in [-0.05, 0) is 30.5 Å². The van der Waals surface area contributed by atoms with Crippen LogP contribution in [0.4, 0.5) is 5.69 Å². The van der Waals surface area contributed by atoms with E-state index in [9.17, 15) is 9.59 Å². The molecule has 1 fully saturated rings. The van der Waals surface area contributed by atoms with Crippen molar-refractivity contribution in [2.75, 3.05) is 11.9 Å². The first-order valence-corrected chi connectivity index (χ1v) is 7.87. The summed E-state index contributed by atoms with van der Waals surface area (Å²) in [4.78, 5) is 24.5.